The summed E-state index contributed by atoms with van der Waals surface area (Å²) in [5.74, 6) is 0.486. The molecule has 0 spiro atoms. The van der Waals surface area contributed by atoms with Crippen LogP contribution in [0.15, 0.2) is 16.8 Å². The lowest BCUT2D eigenvalue weighted by atomic mass is 9.89. The van der Waals surface area contributed by atoms with E-state index in [4.69, 9.17) is 0 Å². The second kappa shape index (κ2) is 7.02. The summed E-state index contributed by atoms with van der Waals surface area (Å²) in [6.45, 7) is 4.39. The van der Waals surface area contributed by atoms with E-state index in [1.54, 1.807) is 11.3 Å². The second-order valence-electron chi connectivity index (χ2n) is 4.24. The average Bonchev–Trinajstić information content (AvgIpc) is 2.70. The molecule has 1 aromatic rings. The molecule has 0 aliphatic rings. The van der Waals surface area contributed by atoms with Crippen LogP contribution in [0, 0.1) is 5.92 Å². The van der Waals surface area contributed by atoms with Crippen LogP contribution in [0.25, 0.3) is 0 Å². The minimum atomic E-state index is -0.153. The molecule has 0 amide bonds. The first-order valence-electron chi connectivity index (χ1n) is 5.97. The van der Waals surface area contributed by atoms with Gasteiger partial charge in [0.1, 0.15) is 0 Å². The molecule has 0 aliphatic heterocycles. The van der Waals surface area contributed by atoms with Crippen molar-refractivity contribution in [1.29, 1.82) is 0 Å². The smallest absolute Gasteiger partial charge is 0.0608 e. The molecule has 15 heavy (non-hydrogen) atoms. The lowest BCUT2D eigenvalue weighted by Gasteiger charge is -2.21. The Hall–Kier alpha value is -0.340. The Morgan fingerprint density at radius 3 is 2.40 bits per heavy atom. The largest absolute Gasteiger partial charge is 0.392 e. The molecule has 1 aromatic heterocycles. The van der Waals surface area contributed by atoms with E-state index < -0.39 is 0 Å². The number of aliphatic hydroxyl groups excluding tert-OH is 1. The minimum Gasteiger partial charge on any atom is -0.392 e. The Balaban J connectivity index is 2.44. The quantitative estimate of drug-likeness (QED) is 0.748. The summed E-state index contributed by atoms with van der Waals surface area (Å²) >= 11 is 1.71. The van der Waals surface area contributed by atoms with Crippen LogP contribution in [0.3, 0.4) is 0 Å². The van der Waals surface area contributed by atoms with Crippen LogP contribution in [0.2, 0.25) is 0 Å². The summed E-state index contributed by atoms with van der Waals surface area (Å²) in [5, 5.41) is 14.4. The highest BCUT2D eigenvalue weighted by Gasteiger charge is 2.17. The van der Waals surface area contributed by atoms with E-state index in [1.165, 1.54) is 18.4 Å². The third kappa shape index (κ3) is 4.35. The van der Waals surface area contributed by atoms with Crippen molar-refractivity contribution in [2.45, 2.75) is 52.1 Å². The van der Waals surface area contributed by atoms with Crippen molar-refractivity contribution < 1.29 is 5.11 Å². The van der Waals surface area contributed by atoms with Crippen molar-refractivity contribution in [2.75, 3.05) is 0 Å². The molecule has 0 saturated heterocycles. The van der Waals surface area contributed by atoms with Gasteiger partial charge in [-0.15, -0.1) is 0 Å². The van der Waals surface area contributed by atoms with Crippen molar-refractivity contribution in [3.05, 3.63) is 22.4 Å². The number of hydrogen-bond donors (Lipinski definition) is 1. The van der Waals surface area contributed by atoms with Gasteiger partial charge in [0.2, 0.25) is 0 Å². The first-order valence-corrected chi connectivity index (χ1v) is 6.91. The zero-order valence-corrected chi connectivity index (χ0v) is 10.6. The normalized spacial score (nSPS) is 13.3. The van der Waals surface area contributed by atoms with Gasteiger partial charge in [0.15, 0.2) is 0 Å². The van der Waals surface area contributed by atoms with Gasteiger partial charge in [-0.3, -0.25) is 0 Å². The molecule has 1 atom stereocenters. The zero-order chi connectivity index (χ0) is 11.1. The van der Waals surface area contributed by atoms with Crippen molar-refractivity contribution in [3.63, 3.8) is 0 Å². The predicted molar refractivity (Wildman–Crippen MR) is 67.3 cm³/mol. The van der Waals surface area contributed by atoms with Gasteiger partial charge >= 0.3 is 0 Å². The summed E-state index contributed by atoms with van der Waals surface area (Å²) in [6.07, 6.45) is 5.32. The number of aliphatic hydroxyl groups is 1. The minimum absolute atomic E-state index is 0.153. The summed E-state index contributed by atoms with van der Waals surface area (Å²) < 4.78 is 0. The number of hydrogen-bond acceptors (Lipinski definition) is 2. The molecule has 1 unspecified atom stereocenters. The first kappa shape index (κ1) is 12.7. The van der Waals surface area contributed by atoms with Gasteiger partial charge in [0.25, 0.3) is 0 Å². The fourth-order valence-corrected chi connectivity index (χ4v) is 2.77. The van der Waals surface area contributed by atoms with Crippen LogP contribution in [0.4, 0.5) is 0 Å². The summed E-state index contributed by atoms with van der Waals surface area (Å²) in [7, 11) is 0. The van der Waals surface area contributed by atoms with E-state index in [0.29, 0.717) is 5.92 Å². The molecule has 2 heteroatoms. The molecule has 0 radical (unpaired) electrons. The van der Waals surface area contributed by atoms with Gasteiger partial charge in [-0.2, -0.15) is 11.3 Å². The third-order valence-corrected chi connectivity index (χ3v) is 3.62. The van der Waals surface area contributed by atoms with Gasteiger partial charge < -0.3 is 5.11 Å². The molecular weight excluding hydrogens is 204 g/mol. The molecule has 0 bridgehead atoms. The van der Waals surface area contributed by atoms with E-state index in [-0.39, 0.29) is 6.10 Å². The predicted octanol–water partition coefficient (Wildman–Crippen LogP) is 3.87. The topological polar surface area (TPSA) is 20.2 Å². The SMILES string of the molecule is CCCC(CCC)C(O)Cc1ccsc1. The molecule has 1 nitrogen and oxygen atoms in total. The van der Waals surface area contributed by atoms with E-state index in [1.807, 2.05) is 0 Å². The molecule has 86 valence electrons. The molecule has 0 fully saturated rings. The van der Waals surface area contributed by atoms with E-state index >= 15 is 0 Å². The molecule has 1 N–H and O–H groups in total. The summed E-state index contributed by atoms with van der Waals surface area (Å²) in [4.78, 5) is 0. The van der Waals surface area contributed by atoms with Gasteiger partial charge in [0.05, 0.1) is 6.10 Å². The Kier molecular flexibility index (Phi) is 5.96. The third-order valence-electron chi connectivity index (χ3n) is 2.89. The van der Waals surface area contributed by atoms with Crippen molar-refractivity contribution in [2.24, 2.45) is 5.92 Å². The van der Waals surface area contributed by atoms with Crippen molar-refractivity contribution in [1.82, 2.24) is 0 Å². The fourth-order valence-electron chi connectivity index (χ4n) is 2.09. The van der Waals surface area contributed by atoms with Gasteiger partial charge in [-0.25, -0.2) is 0 Å². The van der Waals surface area contributed by atoms with Gasteiger partial charge in [-0.05, 0) is 47.6 Å². The molecule has 1 rings (SSSR count). The summed E-state index contributed by atoms with van der Waals surface area (Å²) in [5.41, 5.74) is 1.28. The Morgan fingerprint density at radius 1 is 1.27 bits per heavy atom. The van der Waals surface area contributed by atoms with E-state index in [2.05, 4.69) is 30.7 Å². The maximum atomic E-state index is 10.1. The van der Waals surface area contributed by atoms with Gasteiger partial charge in [0, 0.05) is 0 Å². The lowest BCUT2D eigenvalue weighted by Crippen LogP contribution is -2.22. The highest BCUT2D eigenvalue weighted by Crippen LogP contribution is 2.21. The molecule has 0 saturated carbocycles. The Labute approximate surface area is 97.2 Å². The van der Waals surface area contributed by atoms with Crippen molar-refractivity contribution in [3.8, 4) is 0 Å². The standard InChI is InChI=1S/C13H22OS/c1-3-5-12(6-4-2)13(14)9-11-7-8-15-10-11/h7-8,10,12-14H,3-6,9H2,1-2H3. The highest BCUT2D eigenvalue weighted by atomic mass is 32.1. The van der Waals surface area contributed by atoms with E-state index in [9.17, 15) is 5.11 Å². The molecule has 0 aliphatic carbocycles. The maximum Gasteiger partial charge on any atom is 0.0608 e. The number of thiophene rings is 1. The molecule has 0 aromatic carbocycles. The fraction of sp³-hybridized carbons (Fsp3) is 0.692. The molecular formula is C13H22OS. The Morgan fingerprint density at radius 2 is 1.93 bits per heavy atom. The average molecular weight is 226 g/mol. The maximum absolute atomic E-state index is 10.1. The number of rotatable bonds is 7. The zero-order valence-electron chi connectivity index (χ0n) is 9.78. The monoisotopic (exact) mass is 226 g/mol. The van der Waals surface area contributed by atoms with Crippen LogP contribution in [-0.4, -0.2) is 11.2 Å². The Bertz CT molecular complexity index is 237. The van der Waals surface area contributed by atoms with Crippen LogP contribution < -0.4 is 0 Å². The second-order valence-corrected chi connectivity index (χ2v) is 5.02. The highest BCUT2D eigenvalue weighted by molar-refractivity contribution is 7.07. The van der Waals surface area contributed by atoms with Gasteiger partial charge in [-0.1, -0.05) is 26.7 Å². The van der Waals surface area contributed by atoms with Crippen LogP contribution >= 0.6 is 11.3 Å². The van der Waals surface area contributed by atoms with E-state index in [0.717, 1.165) is 19.3 Å². The van der Waals surface area contributed by atoms with Crippen LogP contribution in [0.5, 0.6) is 0 Å². The summed E-state index contributed by atoms with van der Waals surface area (Å²) in [6, 6.07) is 2.11. The van der Waals surface area contributed by atoms with Crippen molar-refractivity contribution >= 4 is 11.3 Å². The van der Waals surface area contributed by atoms with Crippen LogP contribution in [-0.2, 0) is 6.42 Å². The lowest BCUT2D eigenvalue weighted by molar-refractivity contribution is 0.0964. The van der Waals surface area contributed by atoms with Crippen LogP contribution in [0.1, 0.15) is 45.1 Å². The first-order chi connectivity index (χ1) is 7.27. The molecule has 1 heterocycles.